The Morgan fingerprint density at radius 2 is 2.14 bits per heavy atom. The van der Waals surface area contributed by atoms with Gasteiger partial charge in [-0.3, -0.25) is 4.79 Å². The predicted molar refractivity (Wildman–Crippen MR) is 108 cm³/mol. The number of halogens is 1. The lowest BCUT2D eigenvalue weighted by atomic mass is 10.2. The van der Waals surface area contributed by atoms with Crippen LogP contribution in [0.15, 0.2) is 53.5 Å². The first-order valence-electron chi connectivity index (χ1n) is 8.81. The minimum absolute atomic E-state index is 0.0233. The van der Waals surface area contributed by atoms with Crippen LogP contribution >= 0.6 is 15.9 Å². The van der Waals surface area contributed by atoms with E-state index in [1.807, 2.05) is 6.07 Å². The van der Waals surface area contributed by atoms with Crippen molar-refractivity contribution in [2.75, 3.05) is 18.6 Å². The monoisotopic (exact) mass is 456 g/mol. The fraction of sp³-hybridized carbons (Fsp3) is 0.211. The standard InChI is InChI=1S/C19H17BrN6O3/c1-25-15-8-13(20)3-4-16(15)29-11-14(18(25)27)24-19(28)26-10-12(9-23-26)7-17-21-5-2-6-22-17/h2-6,8-10,14H,7,11H2,1H3,(H,24,28). The van der Waals surface area contributed by atoms with Crippen LogP contribution in [-0.4, -0.2) is 51.4 Å². The molecule has 0 radical (unpaired) electrons. The molecule has 1 atom stereocenters. The summed E-state index contributed by atoms with van der Waals surface area (Å²) in [6.45, 7) is 0.0233. The fourth-order valence-electron chi connectivity index (χ4n) is 2.96. The summed E-state index contributed by atoms with van der Waals surface area (Å²) < 4.78 is 7.71. The summed E-state index contributed by atoms with van der Waals surface area (Å²) in [5, 5.41) is 6.76. The molecule has 9 nitrogen and oxygen atoms in total. The highest BCUT2D eigenvalue weighted by Gasteiger charge is 2.31. The minimum Gasteiger partial charge on any atom is -0.489 e. The van der Waals surface area contributed by atoms with Crippen LogP contribution < -0.4 is 15.0 Å². The third-order valence-corrected chi connectivity index (χ3v) is 4.93. The molecule has 0 saturated carbocycles. The number of ether oxygens (including phenoxy) is 1. The number of fused-ring (bicyclic) bond motifs is 1. The average Bonchev–Trinajstić information content (AvgIpc) is 3.16. The number of likely N-dealkylation sites (N-methyl/N-ethyl adjacent to an activating group) is 1. The van der Waals surface area contributed by atoms with E-state index in [2.05, 4.69) is 36.3 Å². The molecule has 10 heteroatoms. The summed E-state index contributed by atoms with van der Waals surface area (Å²) >= 11 is 3.39. The maximum Gasteiger partial charge on any atom is 0.342 e. The van der Waals surface area contributed by atoms with Crippen molar-refractivity contribution in [3.05, 3.63) is 64.9 Å². The zero-order chi connectivity index (χ0) is 20.4. The molecular formula is C19H17BrN6O3. The van der Waals surface area contributed by atoms with E-state index in [1.165, 1.54) is 4.90 Å². The van der Waals surface area contributed by atoms with Crippen LogP contribution in [0.5, 0.6) is 5.75 Å². The number of amides is 2. The van der Waals surface area contributed by atoms with E-state index in [0.29, 0.717) is 23.7 Å². The zero-order valence-corrected chi connectivity index (χ0v) is 17.0. The van der Waals surface area contributed by atoms with Gasteiger partial charge in [-0.15, -0.1) is 0 Å². The van der Waals surface area contributed by atoms with Crippen molar-refractivity contribution in [1.29, 1.82) is 0 Å². The Kier molecular flexibility index (Phi) is 5.26. The molecule has 1 aliphatic heterocycles. The molecule has 0 fully saturated rings. The molecule has 0 spiro atoms. The summed E-state index contributed by atoms with van der Waals surface area (Å²) in [7, 11) is 1.65. The van der Waals surface area contributed by atoms with Crippen LogP contribution in [0.2, 0.25) is 0 Å². The lowest BCUT2D eigenvalue weighted by Gasteiger charge is -2.20. The van der Waals surface area contributed by atoms with E-state index in [-0.39, 0.29) is 12.5 Å². The van der Waals surface area contributed by atoms with Crippen LogP contribution in [0.1, 0.15) is 11.4 Å². The van der Waals surface area contributed by atoms with E-state index >= 15 is 0 Å². The van der Waals surface area contributed by atoms with Gasteiger partial charge in [-0.1, -0.05) is 15.9 Å². The second-order valence-electron chi connectivity index (χ2n) is 6.46. The topological polar surface area (TPSA) is 102 Å². The number of benzene rings is 1. The molecule has 1 N–H and O–H groups in total. The van der Waals surface area contributed by atoms with E-state index in [4.69, 9.17) is 4.74 Å². The zero-order valence-electron chi connectivity index (χ0n) is 15.4. The number of carbonyl (C=O) groups is 2. The molecule has 0 aliphatic carbocycles. The summed E-state index contributed by atoms with van der Waals surface area (Å²) in [6.07, 6.45) is 6.92. The second-order valence-corrected chi connectivity index (χ2v) is 7.37. The molecule has 148 valence electrons. The predicted octanol–water partition coefficient (Wildman–Crippen LogP) is 2.01. The average molecular weight is 457 g/mol. The minimum atomic E-state index is -0.844. The Morgan fingerprint density at radius 3 is 2.93 bits per heavy atom. The van der Waals surface area contributed by atoms with Crippen molar-refractivity contribution < 1.29 is 14.3 Å². The quantitative estimate of drug-likeness (QED) is 0.646. The Labute approximate surface area is 174 Å². The van der Waals surface area contributed by atoms with Gasteiger partial charge in [0.25, 0.3) is 5.91 Å². The number of nitrogens with zero attached hydrogens (tertiary/aromatic N) is 5. The van der Waals surface area contributed by atoms with E-state index in [0.717, 1.165) is 14.7 Å². The van der Waals surface area contributed by atoms with Gasteiger partial charge in [0.05, 0.1) is 11.9 Å². The van der Waals surface area contributed by atoms with Gasteiger partial charge in [0.15, 0.2) is 0 Å². The van der Waals surface area contributed by atoms with Gasteiger partial charge in [-0.25, -0.2) is 14.8 Å². The highest BCUT2D eigenvalue weighted by atomic mass is 79.9. The van der Waals surface area contributed by atoms with E-state index in [9.17, 15) is 9.59 Å². The normalized spacial score (nSPS) is 16.0. The Morgan fingerprint density at radius 1 is 1.34 bits per heavy atom. The van der Waals surface area contributed by atoms with Crippen LogP contribution in [0.3, 0.4) is 0 Å². The molecule has 1 aromatic carbocycles. The van der Waals surface area contributed by atoms with Gasteiger partial charge in [-0.05, 0) is 29.8 Å². The number of rotatable bonds is 3. The highest BCUT2D eigenvalue weighted by Crippen LogP contribution is 2.33. The summed E-state index contributed by atoms with van der Waals surface area (Å²) in [4.78, 5) is 35.2. The lowest BCUT2D eigenvalue weighted by molar-refractivity contribution is -0.120. The summed E-state index contributed by atoms with van der Waals surface area (Å²) in [5.74, 6) is 0.927. The van der Waals surface area contributed by atoms with E-state index < -0.39 is 12.1 Å². The van der Waals surface area contributed by atoms with Crippen LogP contribution in [0.25, 0.3) is 0 Å². The molecule has 3 aromatic rings. The Hall–Kier alpha value is -3.27. The van der Waals surface area contributed by atoms with Crippen LogP contribution in [0.4, 0.5) is 10.5 Å². The van der Waals surface area contributed by atoms with Gasteiger partial charge in [0.1, 0.15) is 24.2 Å². The number of hydrogen-bond acceptors (Lipinski definition) is 6. The molecule has 1 aliphatic rings. The molecule has 2 aromatic heterocycles. The van der Waals surface area contributed by atoms with Crippen LogP contribution in [-0.2, 0) is 11.2 Å². The number of anilines is 1. The van der Waals surface area contributed by atoms with Crippen LogP contribution in [0, 0.1) is 0 Å². The van der Waals surface area contributed by atoms with E-state index in [1.54, 1.807) is 50.0 Å². The van der Waals surface area contributed by atoms with Crippen molar-refractivity contribution >= 4 is 33.6 Å². The Bertz CT molecular complexity index is 1060. The third kappa shape index (κ3) is 4.11. The first kappa shape index (κ1) is 19.1. The molecule has 0 bridgehead atoms. The SMILES string of the molecule is CN1C(=O)C(NC(=O)n2cc(Cc3ncccn3)cn2)COc2ccc(Br)cc21. The molecule has 0 saturated heterocycles. The van der Waals surface area contributed by atoms with Gasteiger partial charge in [0.2, 0.25) is 0 Å². The largest absolute Gasteiger partial charge is 0.489 e. The third-order valence-electron chi connectivity index (χ3n) is 4.44. The van der Waals surface area contributed by atoms with Crippen molar-refractivity contribution in [3.63, 3.8) is 0 Å². The molecule has 29 heavy (non-hydrogen) atoms. The number of carbonyl (C=O) groups excluding carboxylic acids is 2. The van der Waals surface area contributed by atoms with Crippen molar-refractivity contribution in [2.45, 2.75) is 12.5 Å². The molecule has 2 amide bonds. The van der Waals surface area contributed by atoms with Gasteiger partial charge >= 0.3 is 6.03 Å². The van der Waals surface area contributed by atoms with Gasteiger partial charge in [0, 0.05) is 36.5 Å². The van der Waals surface area contributed by atoms with Crippen molar-refractivity contribution in [2.24, 2.45) is 0 Å². The number of aromatic nitrogens is 4. The summed E-state index contributed by atoms with van der Waals surface area (Å²) in [6, 6.07) is 5.77. The highest BCUT2D eigenvalue weighted by molar-refractivity contribution is 9.10. The second kappa shape index (κ2) is 8.00. The first-order chi connectivity index (χ1) is 14.0. The Balaban J connectivity index is 1.45. The van der Waals surface area contributed by atoms with Crippen molar-refractivity contribution in [3.8, 4) is 5.75 Å². The first-order valence-corrected chi connectivity index (χ1v) is 9.61. The van der Waals surface area contributed by atoms with Crippen molar-refractivity contribution in [1.82, 2.24) is 25.1 Å². The molecule has 4 rings (SSSR count). The number of hydrogen-bond donors (Lipinski definition) is 1. The smallest absolute Gasteiger partial charge is 0.342 e. The van der Waals surface area contributed by atoms with Gasteiger partial charge in [-0.2, -0.15) is 9.78 Å². The summed E-state index contributed by atoms with van der Waals surface area (Å²) in [5.41, 5.74) is 1.41. The fourth-order valence-corrected chi connectivity index (χ4v) is 3.31. The lowest BCUT2D eigenvalue weighted by Crippen LogP contribution is -2.50. The number of nitrogens with one attached hydrogen (secondary N) is 1. The molecule has 1 unspecified atom stereocenters. The molecule has 3 heterocycles. The maximum absolute atomic E-state index is 12.8. The van der Waals surface area contributed by atoms with Gasteiger partial charge < -0.3 is 15.0 Å². The molecular weight excluding hydrogens is 440 g/mol. The maximum atomic E-state index is 12.8.